The van der Waals surface area contributed by atoms with Crippen LogP contribution in [0.25, 0.3) is 0 Å². The van der Waals surface area contributed by atoms with Gasteiger partial charge in [0.1, 0.15) is 6.33 Å². The van der Waals surface area contributed by atoms with Gasteiger partial charge in [0.2, 0.25) is 11.6 Å². The molecule has 1 aromatic carbocycles. The van der Waals surface area contributed by atoms with Crippen molar-refractivity contribution in [2.45, 2.75) is 19.3 Å². The van der Waals surface area contributed by atoms with Gasteiger partial charge in [-0.1, -0.05) is 30.3 Å². The van der Waals surface area contributed by atoms with Gasteiger partial charge in [-0.2, -0.15) is 0 Å². The van der Waals surface area contributed by atoms with Gasteiger partial charge in [-0.15, -0.1) is 0 Å². The summed E-state index contributed by atoms with van der Waals surface area (Å²) in [5.74, 6) is -0.817. The average molecular weight is 371 g/mol. The zero-order valence-corrected chi connectivity index (χ0v) is 14.7. The van der Waals surface area contributed by atoms with E-state index in [9.17, 15) is 14.9 Å². The zero-order chi connectivity index (χ0) is 19.2. The third-order valence-corrected chi connectivity index (χ3v) is 4.68. The van der Waals surface area contributed by atoms with Crippen LogP contribution in [0.4, 0.5) is 17.3 Å². The Balaban J connectivity index is 1.73. The highest BCUT2D eigenvalue weighted by atomic mass is 16.6. The molecule has 2 heterocycles. The molecule has 0 aliphatic carbocycles. The minimum Gasteiger partial charge on any atom is -0.481 e. The maximum Gasteiger partial charge on any atom is 0.353 e. The molecule has 3 rings (SSSR count). The minimum absolute atomic E-state index is 0.167. The monoisotopic (exact) mass is 371 g/mol. The van der Waals surface area contributed by atoms with Crippen molar-refractivity contribution < 1.29 is 14.8 Å². The first-order chi connectivity index (χ1) is 13.1. The van der Waals surface area contributed by atoms with Crippen molar-refractivity contribution in [2.24, 2.45) is 5.92 Å². The zero-order valence-electron chi connectivity index (χ0n) is 14.7. The van der Waals surface area contributed by atoms with Gasteiger partial charge in [0, 0.05) is 19.6 Å². The van der Waals surface area contributed by atoms with E-state index < -0.39 is 16.8 Å². The van der Waals surface area contributed by atoms with Gasteiger partial charge >= 0.3 is 11.7 Å². The van der Waals surface area contributed by atoms with E-state index in [1.807, 2.05) is 30.3 Å². The number of hydrogen-bond donors (Lipinski definition) is 2. The Bertz CT molecular complexity index is 807. The number of aromatic nitrogens is 2. The quantitative estimate of drug-likeness (QED) is 0.562. The number of carbonyl (C=O) groups is 1. The Morgan fingerprint density at radius 2 is 1.96 bits per heavy atom. The number of nitrogens with zero attached hydrogens (tertiary/aromatic N) is 4. The largest absolute Gasteiger partial charge is 0.481 e. The van der Waals surface area contributed by atoms with E-state index >= 15 is 0 Å². The molecule has 1 aliphatic rings. The molecule has 0 spiro atoms. The number of nitro groups is 1. The van der Waals surface area contributed by atoms with Gasteiger partial charge in [0.05, 0.1) is 10.8 Å². The number of carboxylic acid groups (broad SMARTS) is 1. The Kier molecular flexibility index (Phi) is 5.80. The van der Waals surface area contributed by atoms with Crippen molar-refractivity contribution >= 4 is 23.3 Å². The van der Waals surface area contributed by atoms with Crippen LogP contribution >= 0.6 is 0 Å². The van der Waals surface area contributed by atoms with Gasteiger partial charge in [0.15, 0.2) is 0 Å². The van der Waals surface area contributed by atoms with E-state index in [4.69, 9.17) is 5.11 Å². The molecule has 0 bridgehead atoms. The molecular weight excluding hydrogens is 350 g/mol. The molecule has 0 unspecified atom stereocenters. The van der Waals surface area contributed by atoms with Gasteiger partial charge in [-0.3, -0.25) is 14.9 Å². The molecule has 9 nitrogen and oxygen atoms in total. The highest BCUT2D eigenvalue weighted by Crippen LogP contribution is 2.34. The predicted molar refractivity (Wildman–Crippen MR) is 99.9 cm³/mol. The van der Waals surface area contributed by atoms with Gasteiger partial charge < -0.3 is 15.3 Å². The number of nitrogens with one attached hydrogen (secondary N) is 1. The molecule has 0 atom stereocenters. The van der Waals surface area contributed by atoms with Crippen LogP contribution < -0.4 is 10.2 Å². The Hall–Kier alpha value is -3.23. The number of anilines is 2. The summed E-state index contributed by atoms with van der Waals surface area (Å²) in [6, 6.07) is 9.82. The first-order valence-corrected chi connectivity index (χ1v) is 8.81. The molecule has 27 heavy (non-hydrogen) atoms. The number of hydrogen-bond acceptors (Lipinski definition) is 7. The van der Waals surface area contributed by atoms with Gasteiger partial charge in [-0.05, 0) is 24.8 Å². The summed E-state index contributed by atoms with van der Waals surface area (Å²) in [4.78, 5) is 32.2. The lowest BCUT2D eigenvalue weighted by Gasteiger charge is -2.30. The van der Waals surface area contributed by atoms with Crippen molar-refractivity contribution in [1.82, 2.24) is 9.97 Å². The number of aliphatic carboxylic acids is 1. The van der Waals surface area contributed by atoms with Crippen molar-refractivity contribution in [3.63, 3.8) is 0 Å². The predicted octanol–water partition coefficient (Wildman–Crippen LogP) is 2.34. The number of piperidine rings is 1. The summed E-state index contributed by atoms with van der Waals surface area (Å²) < 4.78 is 0. The van der Waals surface area contributed by atoms with E-state index in [1.54, 1.807) is 4.90 Å². The molecule has 9 heteroatoms. The summed E-state index contributed by atoms with van der Waals surface area (Å²) in [6.07, 6.45) is 2.89. The molecule has 1 aliphatic heterocycles. The second-order valence-electron chi connectivity index (χ2n) is 6.41. The molecular formula is C18H21N5O4. The molecule has 1 saturated heterocycles. The van der Waals surface area contributed by atoms with Crippen LogP contribution in [0, 0.1) is 16.0 Å². The van der Waals surface area contributed by atoms with Crippen LogP contribution in [0.15, 0.2) is 36.7 Å². The highest BCUT2D eigenvalue weighted by molar-refractivity contribution is 5.72. The standard InChI is InChI=1S/C18H21N5O4/c24-18(25)14-7-10-22(11-8-14)17-15(23(26)27)16(20-12-21-17)19-9-6-13-4-2-1-3-5-13/h1-5,12,14H,6-11H2,(H,24,25)(H,19,20,21). The molecule has 1 fully saturated rings. The first kappa shape index (κ1) is 18.6. The molecule has 0 saturated carbocycles. The van der Waals surface area contributed by atoms with Crippen LogP contribution in [0.5, 0.6) is 0 Å². The fourth-order valence-electron chi connectivity index (χ4n) is 3.21. The third kappa shape index (κ3) is 4.49. The van der Waals surface area contributed by atoms with Crippen molar-refractivity contribution in [3.8, 4) is 0 Å². The normalized spacial score (nSPS) is 14.7. The maximum atomic E-state index is 11.7. The number of carboxylic acids is 1. The van der Waals surface area contributed by atoms with Crippen LogP contribution in [-0.2, 0) is 11.2 Å². The number of rotatable bonds is 7. The van der Waals surface area contributed by atoms with Crippen LogP contribution in [0.3, 0.4) is 0 Å². The van der Waals surface area contributed by atoms with E-state index in [0.717, 1.165) is 5.56 Å². The lowest BCUT2D eigenvalue weighted by Crippen LogP contribution is -2.37. The number of benzene rings is 1. The maximum absolute atomic E-state index is 11.7. The summed E-state index contributed by atoms with van der Waals surface area (Å²) >= 11 is 0. The third-order valence-electron chi connectivity index (χ3n) is 4.68. The second kappa shape index (κ2) is 8.43. The smallest absolute Gasteiger partial charge is 0.353 e. The van der Waals surface area contributed by atoms with E-state index in [0.29, 0.717) is 38.9 Å². The van der Waals surface area contributed by atoms with Crippen LogP contribution in [0.2, 0.25) is 0 Å². The lowest BCUT2D eigenvalue weighted by molar-refractivity contribution is -0.383. The van der Waals surface area contributed by atoms with Crippen molar-refractivity contribution in [2.75, 3.05) is 29.9 Å². The van der Waals surface area contributed by atoms with Crippen molar-refractivity contribution in [1.29, 1.82) is 0 Å². The fraction of sp³-hybridized carbons (Fsp3) is 0.389. The molecule has 2 aromatic rings. The Morgan fingerprint density at radius 3 is 2.59 bits per heavy atom. The summed E-state index contributed by atoms with van der Waals surface area (Å²) in [6.45, 7) is 1.33. The molecule has 2 N–H and O–H groups in total. The fourth-order valence-corrected chi connectivity index (χ4v) is 3.21. The average Bonchev–Trinajstić information content (AvgIpc) is 2.68. The van der Waals surface area contributed by atoms with E-state index in [2.05, 4.69) is 15.3 Å². The van der Waals surface area contributed by atoms with Crippen LogP contribution in [0.1, 0.15) is 18.4 Å². The first-order valence-electron chi connectivity index (χ1n) is 8.81. The Labute approximate surface area is 156 Å². The molecule has 0 radical (unpaired) electrons. The van der Waals surface area contributed by atoms with Crippen LogP contribution in [-0.4, -0.2) is 45.6 Å². The van der Waals surface area contributed by atoms with Gasteiger partial charge in [0.25, 0.3) is 0 Å². The SMILES string of the molecule is O=C(O)C1CCN(c2ncnc(NCCc3ccccc3)c2[N+](=O)[O-])CC1. The topological polar surface area (TPSA) is 121 Å². The Morgan fingerprint density at radius 1 is 1.26 bits per heavy atom. The highest BCUT2D eigenvalue weighted by Gasteiger charge is 2.31. The van der Waals surface area contributed by atoms with Crippen molar-refractivity contribution in [3.05, 3.63) is 52.3 Å². The second-order valence-corrected chi connectivity index (χ2v) is 6.41. The lowest BCUT2D eigenvalue weighted by atomic mass is 9.97. The molecule has 0 amide bonds. The summed E-state index contributed by atoms with van der Waals surface area (Å²) in [7, 11) is 0. The molecule has 142 valence electrons. The molecule has 1 aromatic heterocycles. The van der Waals surface area contributed by atoms with E-state index in [1.165, 1.54) is 6.33 Å². The summed E-state index contributed by atoms with van der Waals surface area (Å²) in [5.41, 5.74) is 0.956. The minimum atomic E-state index is -0.824. The van der Waals surface area contributed by atoms with Gasteiger partial charge in [-0.25, -0.2) is 9.97 Å². The van der Waals surface area contributed by atoms with E-state index in [-0.39, 0.29) is 17.3 Å². The summed E-state index contributed by atoms with van der Waals surface area (Å²) in [5, 5.41) is 23.8.